The van der Waals surface area contributed by atoms with Crippen LogP contribution < -0.4 is 0 Å². The van der Waals surface area contributed by atoms with Crippen molar-refractivity contribution in [1.29, 1.82) is 0 Å². The molecular formula is C20H17NO2. The Labute approximate surface area is 135 Å². The van der Waals surface area contributed by atoms with Gasteiger partial charge < -0.3 is 4.74 Å². The van der Waals surface area contributed by atoms with Crippen molar-refractivity contribution >= 4 is 22.8 Å². The van der Waals surface area contributed by atoms with E-state index in [1.165, 1.54) is 16.8 Å². The molecule has 0 saturated carbocycles. The normalized spacial score (nSPS) is 11.0. The number of esters is 1. The highest BCUT2D eigenvalue weighted by atomic mass is 16.5. The van der Waals surface area contributed by atoms with Gasteiger partial charge in [-0.25, -0.2) is 4.79 Å². The van der Waals surface area contributed by atoms with E-state index in [-0.39, 0.29) is 5.97 Å². The van der Waals surface area contributed by atoms with Gasteiger partial charge in [-0.15, -0.1) is 0 Å². The van der Waals surface area contributed by atoms with Crippen molar-refractivity contribution in [1.82, 2.24) is 4.98 Å². The Balaban J connectivity index is 2.00. The molecule has 23 heavy (non-hydrogen) atoms. The maximum absolute atomic E-state index is 11.5. The predicted molar refractivity (Wildman–Crippen MR) is 92.8 cm³/mol. The van der Waals surface area contributed by atoms with Gasteiger partial charge in [0.05, 0.1) is 6.61 Å². The third-order valence-corrected chi connectivity index (χ3v) is 3.60. The molecule has 2 aromatic carbocycles. The van der Waals surface area contributed by atoms with E-state index in [0.29, 0.717) is 6.61 Å². The van der Waals surface area contributed by atoms with Crippen LogP contribution in [0, 0.1) is 0 Å². The molecule has 0 bridgehead atoms. The minimum Gasteiger partial charge on any atom is -0.463 e. The molecule has 0 radical (unpaired) electrons. The monoisotopic (exact) mass is 303 g/mol. The molecule has 0 unspecified atom stereocenters. The number of hydrogen-bond donors (Lipinski definition) is 0. The average molecular weight is 303 g/mol. The van der Waals surface area contributed by atoms with Gasteiger partial charge in [-0.05, 0) is 47.0 Å². The highest BCUT2D eigenvalue weighted by Crippen LogP contribution is 2.27. The van der Waals surface area contributed by atoms with E-state index in [0.717, 1.165) is 16.7 Å². The lowest BCUT2D eigenvalue weighted by molar-refractivity contribution is -0.137. The van der Waals surface area contributed by atoms with Gasteiger partial charge in [-0.3, -0.25) is 4.98 Å². The standard InChI is InChI=1S/C20H17NO2/c1-2-23-20(22)10-9-16-11-12-21-14-19(16)18-8-7-15-5-3-4-6-17(15)13-18/h3-14H,2H2,1H3/b10-9+. The Morgan fingerprint density at radius 1 is 1.13 bits per heavy atom. The fourth-order valence-electron chi connectivity index (χ4n) is 2.50. The molecule has 3 heteroatoms. The topological polar surface area (TPSA) is 39.2 Å². The van der Waals surface area contributed by atoms with Crippen LogP contribution in [-0.4, -0.2) is 17.6 Å². The van der Waals surface area contributed by atoms with E-state index in [4.69, 9.17) is 4.74 Å². The molecule has 1 heterocycles. The van der Waals surface area contributed by atoms with Gasteiger partial charge in [0.2, 0.25) is 0 Å². The summed E-state index contributed by atoms with van der Waals surface area (Å²) in [5, 5.41) is 2.37. The molecule has 0 aliphatic heterocycles. The number of carbonyl (C=O) groups excluding carboxylic acids is 1. The van der Waals surface area contributed by atoms with Gasteiger partial charge in [0.1, 0.15) is 0 Å². The number of fused-ring (bicyclic) bond motifs is 1. The van der Waals surface area contributed by atoms with Gasteiger partial charge in [-0.1, -0.05) is 36.4 Å². The van der Waals surface area contributed by atoms with E-state index >= 15 is 0 Å². The van der Waals surface area contributed by atoms with Crippen LogP contribution in [0.4, 0.5) is 0 Å². The summed E-state index contributed by atoms with van der Waals surface area (Å²) in [6.45, 7) is 2.16. The number of pyridine rings is 1. The highest BCUT2D eigenvalue weighted by Gasteiger charge is 2.05. The molecule has 1 aromatic heterocycles. The van der Waals surface area contributed by atoms with Crippen LogP contribution in [0.3, 0.4) is 0 Å². The second kappa shape index (κ2) is 6.88. The van der Waals surface area contributed by atoms with Crippen molar-refractivity contribution in [3.05, 3.63) is 72.6 Å². The summed E-state index contributed by atoms with van der Waals surface area (Å²) >= 11 is 0. The molecule has 0 aliphatic carbocycles. The zero-order valence-corrected chi connectivity index (χ0v) is 12.9. The van der Waals surface area contributed by atoms with E-state index in [1.807, 2.05) is 24.4 Å². The molecule has 3 rings (SSSR count). The number of hydrogen-bond acceptors (Lipinski definition) is 3. The lowest BCUT2D eigenvalue weighted by Crippen LogP contribution is -1.98. The van der Waals surface area contributed by atoms with Gasteiger partial charge >= 0.3 is 5.97 Å². The summed E-state index contributed by atoms with van der Waals surface area (Å²) in [5.74, 6) is -0.339. The van der Waals surface area contributed by atoms with E-state index in [9.17, 15) is 4.79 Å². The van der Waals surface area contributed by atoms with Crippen LogP contribution in [0.15, 0.2) is 67.0 Å². The number of nitrogens with zero attached hydrogens (tertiary/aromatic N) is 1. The molecule has 0 saturated heterocycles. The molecule has 3 nitrogen and oxygen atoms in total. The van der Waals surface area contributed by atoms with Gasteiger partial charge in [0.25, 0.3) is 0 Å². The third-order valence-electron chi connectivity index (χ3n) is 3.60. The average Bonchev–Trinajstić information content (AvgIpc) is 2.60. The van der Waals surface area contributed by atoms with E-state index in [2.05, 4.69) is 35.3 Å². The van der Waals surface area contributed by atoms with Gasteiger partial charge in [0.15, 0.2) is 0 Å². The van der Waals surface area contributed by atoms with Crippen molar-refractivity contribution in [2.75, 3.05) is 6.61 Å². The SMILES string of the molecule is CCOC(=O)/C=C/c1ccncc1-c1ccc2ccccc2c1. The first kappa shape index (κ1) is 15.0. The fraction of sp³-hybridized carbons (Fsp3) is 0.100. The predicted octanol–water partition coefficient (Wildman–Crippen LogP) is 4.48. The first-order chi connectivity index (χ1) is 11.3. The first-order valence-electron chi connectivity index (χ1n) is 7.56. The minimum absolute atomic E-state index is 0.339. The van der Waals surface area contributed by atoms with Crippen molar-refractivity contribution in [2.24, 2.45) is 0 Å². The van der Waals surface area contributed by atoms with Crippen molar-refractivity contribution in [2.45, 2.75) is 6.92 Å². The van der Waals surface area contributed by atoms with Crippen LogP contribution in [-0.2, 0) is 9.53 Å². The van der Waals surface area contributed by atoms with Gasteiger partial charge in [0, 0.05) is 24.0 Å². The van der Waals surface area contributed by atoms with Crippen molar-refractivity contribution in [3.63, 3.8) is 0 Å². The largest absolute Gasteiger partial charge is 0.463 e. The minimum atomic E-state index is -0.339. The molecule has 0 atom stereocenters. The highest BCUT2D eigenvalue weighted by molar-refractivity contribution is 5.91. The zero-order valence-electron chi connectivity index (χ0n) is 12.9. The maximum atomic E-state index is 11.5. The van der Waals surface area contributed by atoms with Crippen molar-refractivity contribution in [3.8, 4) is 11.1 Å². The number of carbonyl (C=O) groups is 1. The summed E-state index contributed by atoms with van der Waals surface area (Å²) in [6.07, 6.45) is 6.75. The van der Waals surface area contributed by atoms with Crippen LogP contribution >= 0.6 is 0 Å². The number of ether oxygens (including phenoxy) is 1. The van der Waals surface area contributed by atoms with Crippen LogP contribution in [0.5, 0.6) is 0 Å². The van der Waals surface area contributed by atoms with Crippen LogP contribution in [0.2, 0.25) is 0 Å². The molecule has 0 spiro atoms. The smallest absolute Gasteiger partial charge is 0.330 e. The summed E-state index contributed by atoms with van der Waals surface area (Å²) < 4.78 is 4.93. The fourth-order valence-corrected chi connectivity index (χ4v) is 2.50. The summed E-state index contributed by atoms with van der Waals surface area (Å²) in [4.78, 5) is 15.7. The Morgan fingerprint density at radius 3 is 2.78 bits per heavy atom. The molecule has 3 aromatic rings. The molecule has 0 fully saturated rings. The number of benzene rings is 2. The van der Waals surface area contributed by atoms with E-state index < -0.39 is 0 Å². The lowest BCUT2D eigenvalue weighted by atomic mass is 9.99. The molecule has 114 valence electrons. The second-order valence-corrected chi connectivity index (χ2v) is 5.11. The quantitative estimate of drug-likeness (QED) is 0.527. The molecule has 0 aliphatic rings. The number of rotatable bonds is 4. The zero-order chi connectivity index (χ0) is 16.1. The molecular weight excluding hydrogens is 286 g/mol. The maximum Gasteiger partial charge on any atom is 0.330 e. The van der Waals surface area contributed by atoms with Crippen molar-refractivity contribution < 1.29 is 9.53 Å². The Morgan fingerprint density at radius 2 is 1.96 bits per heavy atom. The number of aromatic nitrogens is 1. The lowest BCUT2D eigenvalue weighted by Gasteiger charge is -2.07. The summed E-state index contributed by atoms with van der Waals surface area (Å²) in [7, 11) is 0. The first-order valence-corrected chi connectivity index (χ1v) is 7.56. The second-order valence-electron chi connectivity index (χ2n) is 5.11. The Bertz CT molecular complexity index is 868. The van der Waals surface area contributed by atoms with E-state index in [1.54, 1.807) is 19.2 Å². The Kier molecular flexibility index (Phi) is 4.48. The van der Waals surface area contributed by atoms with Crippen LogP contribution in [0.25, 0.3) is 28.0 Å². The third kappa shape index (κ3) is 3.46. The summed E-state index contributed by atoms with van der Waals surface area (Å²) in [5.41, 5.74) is 2.99. The Hall–Kier alpha value is -2.94. The molecule has 0 amide bonds. The van der Waals surface area contributed by atoms with Crippen LogP contribution in [0.1, 0.15) is 12.5 Å². The summed E-state index contributed by atoms with van der Waals surface area (Å²) in [6, 6.07) is 16.4. The van der Waals surface area contributed by atoms with Gasteiger partial charge in [-0.2, -0.15) is 0 Å². The molecule has 0 N–H and O–H groups in total.